The Bertz CT molecular complexity index is 826. The van der Waals surface area contributed by atoms with E-state index in [-0.39, 0.29) is 23.1 Å². The topological polar surface area (TPSA) is 74.3 Å². The lowest BCUT2D eigenvalue weighted by Crippen LogP contribution is -2.58. The number of hydrogen-bond donors (Lipinski definition) is 2. The van der Waals surface area contributed by atoms with Crippen molar-refractivity contribution in [2.45, 2.75) is 77.8 Å². The number of aromatic nitrogens is 1. The van der Waals surface area contributed by atoms with Crippen LogP contribution in [0.4, 0.5) is 5.82 Å². The van der Waals surface area contributed by atoms with Gasteiger partial charge >= 0.3 is 0 Å². The highest BCUT2D eigenvalue weighted by molar-refractivity contribution is 5.90. The Hall–Kier alpha value is -2.11. The number of carbonyl (C=O) groups is 2. The number of nitrogens with one attached hydrogen (secondary N) is 2. The van der Waals surface area contributed by atoms with Crippen molar-refractivity contribution in [1.82, 2.24) is 15.6 Å². The van der Waals surface area contributed by atoms with E-state index in [9.17, 15) is 9.59 Å². The molecule has 5 fully saturated rings. The van der Waals surface area contributed by atoms with Crippen LogP contribution >= 0.6 is 0 Å². The van der Waals surface area contributed by atoms with Crippen LogP contribution in [-0.2, 0) is 16.1 Å². The molecule has 0 aromatic carbocycles. The summed E-state index contributed by atoms with van der Waals surface area (Å²) in [5, 5.41) is 6.27. The predicted molar refractivity (Wildman–Crippen MR) is 125 cm³/mol. The number of rotatable bonds is 7. The minimum atomic E-state index is -0.490. The zero-order valence-corrected chi connectivity index (χ0v) is 19.6. The molecule has 1 aliphatic heterocycles. The van der Waals surface area contributed by atoms with Gasteiger partial charge in [-0.3, -0.25) is 9.59 Å². The maximum atomic E-state index is 13.5. The molecule has 1 atom stereocenters. The zero-order valence-electron chi connectivity index (χ0n) is 19.6. The summed E-state index contributed by atoms with van der Waals surface area (Å²) in [5.74, 6) is 3.23. The van der Waals surface area contributed by atoms with Crippen LogP contribution in [0.2, 0.25) is 0 Å². The zero-order chi connectivity index (χ0) is 22.3. The van der Waals surface area contributed by atoms with Crippen molar-refractivity contribution in [3.8, 4) is 0 Å². The third kappa shape index (κ3) is 4.25. The number of amides is 2. The lowest BCUT2D eigenvalue weighted by molar-refractivity contribution is -0.149. The van der Waals surface area contributed by atoms with Crippen LogP contribution in [0.25, 0.3) is 0 Å². The van der Waals surface area contributed by atoms with Gasteiger partial charge in [0.2, 0.25) is 11.8 Å². The first-order chi connectivity index (χ1) is 15.4. The monoisotopic (exact) mass is 438 g/mol. The van der Waals surface area contributed by atoms with Gasteiger partial charge in [-0.25, -0.2) is 4.98 Å². The fraction of sp³-hybridized carbons (Fsp3) is 0.731. The van der Waals surface area contributed by atoms with Gasteiger partial charge in [-0.05, 0) is 92.7 Å². The summed E-state index contributed by atoms with van der Waals surface area (Å²) in [6.07, 6.45) is 11.2. The molecule has 1 unspecified atom stereocenters. The minimum Gasteiger partial charge on any atom is -0.357 e. The number of hydrogen-bond acceptors (Lipinski definition) is 4. The molecule has 5 aliphatic rings. The van der Waals surface area contributed by atoms with Gasteiger partial charge in [0.05, 0.1) is 0 Å². The fourth-order valence-electron chi connectivity index (χ4n) is 7.21. The summed E-state index contributed by atoms with van der Waals surface area (Å²) >= 11 is 0. The van der Waals surface area contributed by atoms with Crippen LogP contribution in [0.5, 0.6) is 0 Å². The van der Waals surface area contributed by atoms with E-state index in [1.165, 1.54) is 32.1 Å². The summed E-state index contributed by atoms with van der Waals surface area (Å²) < 4.78 is 0. The van der Waals surface area contributed by atoms with Gasteiger partial charge in [0.25, 0.3) is 0 Å². The van der Waals surface area contributed by atoms with Gasteiger partial charge < -0.3 is 15.5 Å². The van der Waals surface area contributed by atoms with E-state index in [2.05, 4.69) is 26.6 Å². The van der Waals surface area contributed by atoms with Crippen molar-refractivity contribution in [2.75, 3.05) is 18.0 Å². The Kier molecular flexibility index (Phi) is 5.89. The lowest BCUT2D eigenvalue weighted by Gasteiger charge is -2.55. The first-order valence-electron chi connectivity index (χ1n) is 12.7. The van der Waals surface area contributed by atoms with Crippen LogP contribution in [0.3, 0.4) is 0 Å². The Morgan fingerprint density at radius 1 is 1.09 bits per heavy atom. The Labute approximate surface area is 191 Å². The standard InChI is InChI=1S/C26H38N4O2/c1-17(2)23(29-25(32)26-13-19-9-20(14-26)11-21(10-19)15-26)24(31)28-16-18-5-6-27-22(12-18)30-7-3-4-8-30/h5-6,12,17,19-21,23H,3-4,7-11,13-16H2,1-2H3,(H,28,31)(H,29,32). The highest BCUT2D eigenvalue weighted by atomic mass is 16.2. The van der Waals surface area contributed by atoms with Crippen LogP contribution in [0.15, 0.2) is 18.3 Å². The normalized spacial score (nSPS) is 31.7. The molecule has 4 saturated carbocycles. The van der Waals surface area contributed by atoms with Gasteiger partial charge in [0.15, 0.2) is 0 Å². The molecule has 1 saturated heterocycles. The quantitative estimate of drug-likeness (QED) is 0.681. The maximum Gasteiger partial charge on any atom is 0.243 e. The lowest BCUT2D eigenvalue weighted by atomic mass is 9.49. The third-order valence-electron chi connectivity index (χ3n) is 8.46. The number of pyridine rings is 1. The van der Waals surface area contributed by atoms with Crippen molar-refractivity contribution in [1.29, 1.82) is 0 Å². The minimum absolute atomic E-state index is 0.0467. The van der Waals surface area contributed by atoms with E-state index in [1.54, 1.807) is 0 Å². The van der Waals surface area contributed by atoms with E-state index >= 15 is 0 Å². The molecule has 0 radical (unpaired) electrons. The van der Waals surface area contributed by atoms with Crippen LogP contribution in [0.1, 0.15) is 70.8 Å². The summed E-state index contributed by atoms with van der Waals surface area (Å²) in [6.45, 7) is 6.59. The number of anilines is 1. The fourth-order valence-corrected chi connectivity index (χ4v) is 7.21. The van der Waals surface area contributed by atoms with Crippen LogP contribution in [-0.4, -0.2) is 35.9 Å². The van der Waals surface area contributed by atoms with Gasteiger partial charge in [-0.1, -0.05) is 13.8 Å². The highest BCUT2D eigenvalue weighted by Crippen LogP contribution is 2.60. The largest absolute Gasteiger partial charge is 0.357 e. The SMILES string of the molecule is CC(C)C(NC(=O)C12CC3CC(CC(C3)C1)C2)C(=O)NCc1ccnc(N2CCCC2)c1. The summed E-state index contributed by atoms with van der Waals surface area (Å²) in [6, 6.07) is 3.54. The summed E-state index contributed by atoms with van der Waals surface area (Å²) in [4.78, 5) is 33.4. The maximum absolute atomic E-state index is 13.5. The van der Waals surface area contributed by atoms with Crippen molar-refractivity contribution >= 4 is 17.6 Å². The summed E-state index contributed by atoms with van der Waals surface area (Å²) in [5.41, 5.74) is 0.822. The van der Waals surface area contributed by atoms with Crippen LogP contribution in [0, 0.1) is 29.1 Å². The smallest absolute Gasteiger partial charge is 0.243 e. The average Bonchev–Trinajstić information content (AvgIpc) is 3.30. The van der Waals surface area contributed by atoms with Crippen molar-refractivity contribution in [2.24, 2.45) is 29.1 Å². The molecular weight excluding hydrogens is 400 g/mol. The summed E-state index contributed by atoms with van der Waals surface area (Å²) in [7, 11) is 0. The Morgan fingerprint density at radius 3 is 2.31 bits per heavy atom. The first-order valence-corrected chi connectivity index (χ1v) is 12.7. The van der Waals surface area contributed by atoms with Gasteiger partial charge in [-0.15, -0.1) is 0 Å². The average molecular weight is 439 g/mol. The van der Waals surface area contributed by atoms with E-state index in [4.69, 9.17) is 0 Å². The molecule has 6 rings (SSSR count). The third-order valence-corrected chi connectivity index (χ3v) is 8.46. The van der Waals surface area contributed by atoms with Gasteiger partial charge in [0, 0.05) is 31.2 Å². The Morgan fingerprint density at radius 2 is 1.72 bits per heavy atom. The second kappa shape index (κ2) is 8.68. The molecule has 0 spiro atoms. The predicted octanol–water partition coefficient (Wildman–Crippen LogP) is 3.66. The molecule has 2 N–H and O–H groups in total. The molecule has 6 nitrogen and oxygen atoms in total. The molecule has 4 bridgehead atoms. The van der Waals surface area contributed by atoms with E-state index in [0.29, 0.717) is 6.54 Å². The highest BCUT2D eigenvalue weighted by Gasteiger charge is 2.55. The van der Waals surface area contributed by atoms with E-state index < -0.39 is 6.04 Å². The van der Waals surface area contributed by atoms with Crippen molar-refractivity contribution < 1.29 is 9.59 Å². The van der Waals surface area contributed by atoms with E-state index in [0.717, 1.165) is 61.5 Å². The molecule has 2 heterocycles. The molecule has 1 aromatic heterocycles. The molecule has 174 valence electrons. The number of nitrogens with zero attached hydrogens (tertiary/aromatic N) is 2. The molecular formula is C26H38N4O2. The first kappa shape index (κ1) is 21.7. The van der Waals surface area contributed by atoms with Crippen molar-refractivity contribution in [3.05, 3.63) is 23.9 Å². The van der Waals surface area contributed by atoms with E-state index in [1.807, 2.05) is 26.1 Å². The molecule has 32 heavy (non-hydrogen) atoms. The molecule has 1 aromatic rings. The van der Waals surface area contributed by atoms with Gasteiger partial charge in [0.1, 0.15) is 11.9 Å². The molecule has 4 aliphatic carbocycles. The molecule has 6 heteroatoms. The molecule has 2 amide bonds. The number of carbonyl (C=O) groups excluding carboxylic acids is 2. The van der Waals surface area contributed by atoms with Crippen molar-refractivity contribution in [3.63, 3.8) is 0 Å². The van der Waals surface area contributed by atoms with Crippen LogP contribution < -0.4 is 15.5 Å². The van der Waals surface area contributed by atoms with Gasteiger partial charge in [-0.2, -0.15) is 0 Å². The Balaban J connectivity index is 1.21. The second-order valence-electron chi connectivity index (χ2n) is 11.3. The second-order valence-corrected chi connectivity index (χ2v) is 11.3.